The van der Waals surface area contributed by atoms with E-state index in [9.17, 15) is 14.0 Å². The van der Waals surface area contributed by atoms with Gasteiger partial charge in [-0.25, -0.2) is 9.29 Å². The van der Waals surface area contributed by atoms with Gasteiger partial charge in [-0.2, -0.15) is 0 Å². The first-order valence-electron chi connectivity index (χ1n) is 10.1. The van der Waals surface area contributed by atoms with Gasteiger partial charge in [-0.05, 0) is 68.1 Å². The zero-order valence-corrected chi connectivity index (χ0v) is 17.9. The molecule has 1 aliphatic heterocycles. The lowest BCUT2D eigenvalue weighted by atomic mass is 9.97. The second kappa shape index (κ2) is 7.84. The third-order valence-electron chi connectivity index (χ3n) is 5.48. The number of carbonyl (C=O) groups excluding carboxylic acids is 2. The van der Waals surface area contributed by atoms with Crippen LogP contribution in [0, 0.1) is 33.5 Å². The van der Waals surface area contributed by atoms with Gasteiger partial charge in [-0.15, -0.1) is 0 Å². The van der Waals surface area contributed by atoms with Crippen molar-refractivity contribution in [1.82, 2.24) is 0 Å². The van der Waals surface area contributed by atoms with Crippen molar-refractivity contribution in [2.24, 2.45) is 0 Å². The normalized spacial score (nSPS) is 13.9. The molecule has 0 saturated carbocycles. The number of nitrogens with zero attached hydrogens (tertiary/aromatic N) is 1. The van der Waals surface area contributed by atoms with Crippen LogP contribution in [0.15, 0.2) is 66.4 Å². The first kappa shape index (κ1) is 20.5. The SMILES string of the molecule is Cc1ccc(C2=C(Nc3cc(C)ccc3C)C(=O)N(c3ccccc3F)C2=O)c(C)c1. The summed E-state index contributed by atoms with van der Waals surface area (Å²) >= 11 is 0. The Morgan fingerprint density at radius 2 is 1.45 bits per heavy atom. The molecule has 0 radical (unpaired) electrons. The summed E-state index contributed by atoms with van der Waals surface area (Å²) in [6.45, 7) is 7.74. The monoisotopic (exact) mass is 414 g/mol. The van der Waals surface area contributed by atoms with Gasteiger partial charge in [0.1, 0.15) is 11.5 Å². The van der Waals surface area contributed by atoms with Crippen LogP contribution in [0.5, 0.6) is 0 Å². The number of amides is 2. The molecule has 0 unspecified atom stereocenters. The van der Waals surface area contributed by atoms with E-state index in [0.717, 1.165) is 32.8 Å². The Balaban J connectivity index is 1.91. The Kier molecular flexibility index (Phi) is 5.19. The number of benzene rings is 3. The van der Waals surface area contributed by atoms with Crippen LogP contribution in [0.4, 0.5) is 15.8 Å². The van der Waals surface area contributed by atoms with E-state index in [2.05, 4.69) is 5.32 Å². The molecular weight excluding hydrogens is 391 g/mol. The average Bonchev–Trinajstić information content (AvgIpc) is 2.95. The van der Waals surface area contributed by atoms with E-state index in [1.807, 2.05) is 64.1 Å². The molecule has 0 saturated heterocycles. The Hall–Kier alpha value is -3.73. The van der Waals surface area contributed by atoms with Crippen LogP contribution < -0.4 is 10.2 Å². The molecule has 0 aliphatic carbocycles. The van der Waals surface area contributed by atoms with E-state index in [1.54, 1.807) is 6.07 Å². The van der Waals surface area contributed by atoms with Crippen LogP contribution in [-0.2, 0) is 9.59 Å². The van der Waals surface area contributed by atoms with Crippen LogP contribution in [-0.4, -0.2) is 11.8 Å². The fourth-order valence-corrected chi connectivity index (χ4v) is 3.85. The highest BCUT2D eigenvalue weighted by molar-refractivity contribution is 6.46. The van der Waals surface area contributed by atoms with Crippen molar-refractivity contribution in [3.63, 3.8) is 0 Å². The average molecular weight is 414 g/mol. The van der Waals surface area contributed by atoms with Crippen LogP contribution >= 0.6 is 0 Å². The lowest BCUT2D eigenvalue weighted by Crippen LogP contribution is -2.33. The molecule has 4 nitrogen and oxygen atoms in total. The number of anilines is 2. The molecule has 5 heteroatoms. The summed E-state index contributed by atoms with van der Waals surface area (Å²) in [7, 11) is 0. The first-order valence-corrected chi connectivity index (χ1v) is 10.1. The van der Waals surface area contributed by atoms with E-state index in [-0.39, 0.29) is 17.0 Å². The highest BCUT2D eigenvalue weighted by Gasteiger charge is 2.41. The molecule has 2 amide bonds. The molecule has 1 heterocycles. The van der Waals surface area contributed by atoms with E-state index < -0.39 is 17.6 Å². The van der Waals surface area contributed by atoms with Gasteiger partial charge < -0.3 is 5.32 Å². The molecule has 0 atom stereocenters. The Morgan fingerprint density at radius 1 is 0.774 bits per heavy atom. The predicted molar refractivity (Wildman–Crippen MR) is 121 cm³/mol. The molecule has 3 aromatic rings. The summed E-state index contributed by atoms with van der Waals surface area (Å²) in [5, 5.41) is 3.18. The molecule has 1 aliphatic rings. The van der Waals surface area contributed by atoms with Gasteiger partial charge in [-0.1, -0.05) is 48.0 Å². The van der Waals surface area contributed by atoms with Crippen LogP contribution in [0.2, 0.25) is 0 Å². The maximum atomic E-state index is 14.5. The Labute approximate surface area is 181 Å². The highest BCUT2D eigenvalue weighted by Crippen LogP contribution is 2.36. The smallest absolute Gasteiger partial charge is 0.282 e. The zero-order valence-electron chi connectivity index (χ0n) is 17.9. The number of halogens is 1. The minimum atomic E-state index is -0.628. The molecule has 0 aromatic heterocycles. The quantitative estimate of drug-likeness (QED) is 0.577. The van der Waals surface area contributed by atoms with Crippen molar-refractivity contribution in [2.75, 3.05) is 10.2 Å². The van der Waals surface area contributed by atoms with Crippen molar-refractivity contribution in [3.05, 3.63) is 100.0 Å². The van der Waals surface area contributed by atoms with Gasteiger partial charge in [0.2, 0.25) is 0 Å². The third kappa shape index (κ3) is 3.63. The van der Waals surface area contributed by atoms with Crippen LogP contribution in [0.25, 0.3) is 5.57 Å². The van der Waals surface area contributed by atoms with E-state index in [4.69, 9.17) is 0 Å². The second-order valence-electron chi connectivity index (χ2n) is 7.91. The van der Waals surface area contributed by atoms with E-state index >= 15 is 0 Å². The van der Waals surface area contributed by atoms with Crippen molar-refractivity contribution < 1.29 is 14.0 Å². The molecule has 3 aromatic carbocycles. The zero-order chi connectivity index (χ0) is 22.3. The number of imide groups is 1. The first-order chi connectivity index (χ1) is 14.8. The Morgan fingerprint density at radius 3 is 2.16 bits per heavy atom. The lowest BCUT2D eigenvalue weighted by Gasteiger charge is -2.16. The van der Waals surface area contributed by atoms with Crippen LogP contribution in [0.3, 0.4) is 0 Å². The molecule has 31 heavy (non-hydrogen) atoms. The van der Waals surface area contributed by atoms with Gasteiger partial charge in [0.15, 0.2) is 0 Å². The molecule has 0 fully saturated rings. The highest BCUT2D eigenvalue weighted by atomic mass is 19.1. The third-order valence-corrected chi connectivity index (χ3v) is 5.48. The molecular formula is C26H23FN2O2. The number of para-hydroxylation sites is 1. The molecule has 0 bridgehead atoms. The number of hydrogen-bond donors (Lipinski definition) is 1. The van der Waals surface area contributed by atoms with E-state index in [0.29, 0.717) is 5.56 Å². The van der Waals surface area contributed by atoms with Gasteiger partial charge >= 0.3 is 0 Å². The molecule has 156 valence electrons. The topological polar surface area (TPSA) is 49.4 Å². The second-order valence-corrected chi connectivity index (χ2v) is 7.91. The van der Waals surface area contributed by atoms with Crippen molar-refractivity contribution in [1.29, 1.82) is 0 Å². The van der Waals surface area contributed by atoms with Gasteiger partial charge in [0.05, 0.1) is 11.3 Å². The number of nitrogens with one attached hydrogen (secondary N) is 1. The molecule has 0 spiro atoms. The fraction of sp³-hybridized carbons (Fsp3) is 0.154. The van der Waals surface area contributed by atoms with E-state index in [1.165, 1.54) is 18.2 Å². The maximum absolute atomic E-state index is 14.5. The van der Waals surface area contributed by atoms with Crippen molar-refractivity contribution in [2.45, 2.75) is 27.7 Å². The maximum Gasteiger partial charge on any atom is 0.282 e. The summed E-state index contributed by atoms with van der Waals surface area (Å²) in [6.07, 6.45) is 0. The summed E-state index contributed by atoms with van der Waals surface area (Å²) in [4.78, 5) is 27.9. The Bertz CT molecular complexity index is 1260. The van der Waals surface area contributed by atoms with Gasteiger partial charge in [0, 0.05) is 5.69 Å². The minimum Gasteiger partial charge on any atom is -0.350 e. The number of carbonyl (C=O) groups is 2. The largest absolute Gasteiger partial charge is 0.350 e. The number of aryl methyl sites for hydroxylation is 4. The number of hydrogen-bond acceptors (Lipinski definition) is 3. The standard InChI is InChI=1S/C26H23FN2O2/c1-15-10-12-19(18(4)13-15)23-24(28-21-14-16(2)9-11-17(21)3)26(31)29(25(23)30)22-8-6-5-7-20(22)27/h5-14,28H,1-4H3. The van der Waals surface area contributed by atoms with Crippen molar-refractivity contribution in [3.8, 4) is 0 Å². The predicted octanol–water partition coefficient (Wildman–Crippen LogP) is 5.46. The fourth-order valence-electron chi connectivity index (χ4n) is 3.85. The lowest BCUT2D eigenvalue weighted by molar-refractivity contribution is -0.120. The van der Waals surface area contributed by atoms with Crippen molar-refractivity contribution >= 4 is 28.8 Å². The van der Waals surface area contributed by atoms with Gasteiger partial charge in [0.25, 0.3) is 11.8 Å². The van der Waals surface area contributed by atoms with Crippen LogP contribution in [0.1, 0.15) is 27.8 Å². The molecule has 1 N–H and O–H groups in total. The minimum absolute atomic E-state index is 0.0578. The van der Waals surface area contributed by atoms with Gasteiger partial charge in [-0.3, -0.25) is 9.59 Å². The summed E-state index contributed by atoms with van der Waals surface area (Å²) in [5.41, 5.74) is 5.58. The summed E-state index contributed by atoms with van der Waals surface area (Å²) in [6, 6.07) is 17.3. The number of rotatable bonds is 4. The summed E-state index contributed by atoms with van der Waals surface area (Å²) in [5.74, 6) is -1.75. The molecule has 4 rings (SSSR count). The summed E-state index contributed by atoms with van der Waals surface area (Å²) < 4.78 is 14.5.